The molecule has 1 spiro atoms. The number of ether oxygens (including phenoxy) is 2. The Bertz CT molecular complexity index is 421. The van der Waals surface area contributed by atoms with Gasteiger partial charge < -0.3 is 14.8 Å². The van der Waals surface area contributed by atoms with Gasteiger partial charge in [-0.1, -0.05) is 6.92 Å². The Kier molecular flexibility index (Phi) is 4.38. The maximum absolute atomic E-state index is 6.10. The summed E-state index contributed by atoms with van der Waals surface area (Å²) >= 11 is 0. The van der Waals surface area contributed by atoms with E-state index in [-0.39, 0.29) is 5.60 Å². The van der Waals surface area contributed by atoms with E-state index in [4.69, 9.17) is 14.6 Å². The monoisotopic (exact) mass is 279 g/mol. The summed E-state index contributed by atoms with van der Waals surface area (Å²) in [5.74, 6) is 0. The van der Waals surface area contributed by atoms with Gasteiger partial charge in [0.25, 0.3) is 0 Å². The first-order valence-corrected chi connectivity index (χ1v) is 7.78. The average Bonchev–Trinajstić information content (AvgIpc) is 2.95. The van der Waals surface area contributed by atoms with Crippen LogP contribution in [0.5, 0.6) is 0 Å². The number of aromatic nitrogens is 2. The van der Waals surface area contributed by atoms with Gasteiger partial charge in [0.2, 0.25) is 0 Å². The molecule has 3 heterocycles. The van der Waals surface area contributed by atoms with Gasteiger partial charge in [-0.25, -0.2) is 0 Å². The highest BCUT2D eigenvalue weighted by molar-refractivity contribution is 5.01. The van der Waals surface area contributed by atoms with Crippen molar-refractivity contribution in [2.45, 2.75) is 50.8 Å². The van der Waals surface area contributed by atoms with Gasteiger partial charge in [-0.2, -0.15) is 5.10 Å². The fourth-order valence-electron chi connectivity index (χ4n) is 3.25. The summed E-state index contributed by atoms with van der Waals surface area (Å²) in [6.07, 6.45) is 6.29. The largest absolute Gasteiger partial charge is 0.381 e. The molecule has 0 aliphatic carbocycles. The van der Waals surface area contributed by atoms with Crippen LogP contribution in [0, 0.1) is 0 Å². The Morgan fingerprint density at radius 2 is 2.25 bits per heavy atom. The van der Waals surface area contributed by atoms with E-state index < -0.39 is 0 Å². The van der Waals surface area contributed by atoms with Crippen LogP contribution >= 0.6 is 0 Å². The summed E-state index contributed by atoms with van der Waals surface area (Å²) in [5, 5.41) is 8.04. The summed E-state index contributed by atoms with van der Waals surface area (Å²) in [7, 11) is 0. The minimum Gasteiger partial charge on any atom is -0.381 e. The van der Waals surface area contributed by atoms with Gasteiger partial charge in [0.15, 0.2) is 0 Å². The standard InChI is InChI=1S/C15H25N3O2/c1-2-16-12-13-3-7-18(17-13)14-4-8-20-15(11-14)5-9-19-10-6-15/h3,7,14,16H,2,4-6,8-12H2,1H3. The molecule has 1 atom stereocenters. The normalized spacial score (nSPS) is 25.9. The Hall–Kier alpha value is -0.910. The lowest BCUT2D eigenvalue weighted by Gasteiger charge is -2.43. The Balaban J connectivity index is 1.65. The van der Waals surface area contributed by atoms with E-state index in [1.807, 2.05) is 0 Å². The molecule has 0 aromatic carbocycles. The number of rotatable bonds is 4. The fraction of sp³-hybridized carbons (Fsp3) is 0.800. The van der Waals surface area contributed by atoms with Crippen molar-refractivity contribution in [1.29, 1.82) is 0 Å². The van der Waals surface area contributed by atoms with Gasteiger partial charge in [-0.15, -0.1) is 0 Å². The van der Waals surface area contributed by atoms with Crippen LogP contribution in [0.1, 0.15) is 44.3 Å². The van der Waals surface area contributed by atoms with Crippen molar-refractivity contribution < 1.29 is 9.47 Å². The quantitative estimate of drug-likeness (QED) is 0.914. The third-order valence-electron chi connectivity index (χ3n) is 4.46. The molecule has 1 N–H and O–H groups in total. The summed E-state index contributed by atoms with van der Waals surface area (Å²) < 4.78 is 13.7. The van der Waals surface area contributed by atoms with E-state index in [9.17, 15) is 0 Å². The first-order valence-electron chi connectivity index (χ1n) is 7.78. The molecule has 5 heteroatoms. The second-order valence-electron chi connectivity index (χ2n) is 5.86. The minimum absolute atomic E-state index is 0.0367. The zero-order valence-electron chi connectivity index (χ0n) is 12.3. The first-order chi connectivity index (χ1) is 9.81. The number of nitrogens with zero attached hydrogens (tertiary/aromatic N) is 2. The smallest absolute Gasteiger partial charge is 0.0762 e. The van der Waals surface area contributed by atoms with Crippen molar-refractivity contribution in [2.75, 3.05) is 26.4 Å². The molecule has 5 nitrogen and oxygen atoms in total. The summed E-state index contributed by atoms with van der Waals surface area (Å²) in [6, 6.07) is 2.59. The average molecular weight is 279 g/mol. The summed E-state index contributed by atoms with van der Waals surface area (Å²) in [5.41, 5.74) is 1.16. The summed E-state index contributed by atoms with van der Waals surface area (Å²) in [4.78, 5) is 0. The number of hydrogen-bond donors (Lipinski definition) is 1. The van der Waals surface area contributed by atoms with Crippen molar-refractivity contribution >= 4 is 0 Å². The highest BCUT2D eigenvalue weighted by Crippen LogP contribution is 2.38. The minimum atomic E-state index is 0.0367. The van der Waals surface area contributed by atoms with E-state index in [0.29, 0.717) is 6.04 Å². The third-order valence-corrected chi connectivity index (χ3v) is 4.46. The predicted octanol–water partition coefficient (Wildman–Crippen LogP) is 1.89. The molecule has 2 saturated heterocycles. The topological polar surface area (TPSA) is 48.3 Å². The van der Waals surface area contributed by atoms with Gasteiger partial charge in [-0.3, -0.25) is 4.68 Å². The molecule has 0 bridgehead atoms. The molecular formula is C15H25N3O2. The second kappa shape index (κ2) is 6.24. The van der Waals surface area contributed by atoms with E-state index >= 15 is 0 Å². The van der Waals surface area contributed by atoms with Crippen LogP contribution in [-0.2, 0) is 16.0 Å². The lowest BCUT2D eigenvalue weighted by molar-refractivity contribution is -0.145. The second-order valence-corrected chi connectivity index (χ2v) is 5.86. The van der Waals surface area contributed by atoms with Gasteiger partial charge in [0, 0.05) is 32.6 Å². The number of hydrogen-bond acceptors (Lipinski definition) is 4. The van der Waals surface area contributed by atoms with Crippen LogP contribution in [0.15, 0.2) is 12.3 Å². The van der Waals surface area contributed by atoms with E-state index in [0.717, 1.165) is 64.3 Å². The van der Waals surface area contributed by atoms with Crippen molar-refractivity contribution in [3.05, 3.63) is 18.0 Å². The molecule has 0 saturated carbocycles. The van der Waals surface area contributed by atoms with Crippen LogP contribution in [0.2, 0.25) is 0 Å². The molecule has 2 aliphatic heterocycles. The van der Waals surface area contributed by atoms with Crippen LogP contribution in [0.25, 0.3) is 0 Å². The molecule has 1 unspecified atom stereocenters. The molecule has 1 aromatic heterocycles. The van der Waals surface area contributed by atoms with Crippen LogP contribution in [-0.4, -0.2) is 41.7 Å². The van der Waals surface area contributed by atoms with E-state index in [1.54, 1.807) is 0 Å². The highest BCUT2D eigenvalue weighted by atomic mass is 16.5. The van der Waals surface area contributed by atoms with Crippen molar-refractivity contribution in [3.63, 3.8) is 0 Å². The Morgan fingerprint density at radius 1 is 1.40 bits per heavy atom. The SMILES string of the molecule is CCNCc1ccn(C2CCOC3(CCOCC3)C2)n1. The molecule has 1 aromatic rings. The van der Waals surface area contributed by atoms with E-state index in [2.05, 4.69) is 29.2 Å². The lowest BCUT2D eigenvalue weighted by atomic mass is 9.84. The van der Waals surface area contributed by atoms with Crippen molar-refractivity contribution in [3.8, 4) is 0 Å². The maximum Gasteiger partial charge on any atom is 0.0762 e. The highest BCUT2D eigenvalue weighted by Gasteiger charge is 2.39. The molecule has 0 radical (unpaired) electrons. The predicted molar refractivity (Wildman–Crippen MR) is 76.6 cm³/mol. The molecule has 112 valence electrons. The van der Waals surface area contributed by atoms with Gasteiger partial charge in [-0.05, 0) is 38.3 Å². The van der Waals surface area contributed by atoms with E-state index in [1.165, 1.54) is 0 Å². The Labute approximate surface area is 120 Å². The maximum atomic E-state index is 6.10. The molecule has 20 heavy (non-hydrogen) atoms. The Morgan fingerprint density at radius 3 is 3.05 bits per heavy atom. The van der Waals surface area contributed by atoms with Gasteiger partial charge in [0.1, 0.15) is 0 Å². The van der Waals surface area contributed by atoms with Crippen LogP contribution < -0.4 is 5.32 Å². The molecule has 0 amide bonds. The fourth-order valence-corrected chi connectivity index (χ4v) is 3.25. The zero-order chi connectivity index (χ0) is 13.8. The summed E-state index contributed by atoms with van der Waals surface area (Å²) in [6.45, 7) is 6.45. The van der Waals surface area contributed by atoms with Crippen molar-refractivity contribution in [1.82, 2.24) is 15.1 Å². The lowest BCUT2D eigenvalue weighted by Crippen LogP contribution is -2.44. The van der Waals surface area contributed by atoms with Gasteiger partial charge >= 0.3 is 0 Å². The van der Waals surface area contributed by atoms with Crippen LogP contribution in [0.3, 0.4) is 0 Å². The molecular weight excluding hydrogens is 254 g/mol. The van der Waals surface area contributed by atoms with Crippen LogP contribution in [0.4, 0.5) is 0 Å². The molecule has 3 rings (SSSR count). The number of nitrogens with one attached hydrogen (secondary N) is 1. The molecule has 2 fully saturated rings. The first kappa shape index (κ1) is 14.0. The molecule has 2 aliphatic rings. The van der Waals surface area contributed by atoms with Crippen molar-refractivity contribution in [2.24, 2.45) is 0 Å². The third kappa shape index (κ3) is 3.05. The van der Waals surface area contributed by atoms with Gasteiger partial charge in [0.05, 0.1) is 17.3 Å². The zero-order valence-corrected chi connectivity index (χ0v) is 12.3.